The fraction of sp³-hybridized carbons (Fsp3) is 0.636. The van der Waals surface area contributed by atoms with Crippen LogP contribution in [0.2, 0.25) is 0 Å². The van der Waals surface area contributed by atoms with Gasteiger partial charge in [-0.05, 0) is 12.8 Å². The van der Waals surface area contributed by atoms with Gasteiger partial charge in [-0.1, -0.05) is 26.0 Å². The van der Waals surface area contributed by atoms with Crippen LogP contribution in [0.3, 0.4) is 0 Å². The van der Waals surface area contributed by atoms with E-state index in [9.17, 15) is 0 Å². The zero-order valence-electron chi connectivity index (χ0n) is 8.71. The molecule has 0 aromatic carbocycles. The Labute approximate surface area is 81.2 Å². The molecule has 0 bridgehead atoms. The molecule has 0 fully saturated rings. The zero-order chi connectivity index (χ0) is 10.2. The summed E-state index contributed by atoms with van der Waals surface area (Å²) in [5, 5.41) is 0. The third-order valence-electron chi connectivity index (χ3n) is 2.01. The van der Waals surface area contributed by atoms with Crippen LogP contribution in [-0.4, -0.2) is 19.0 Å². The van der Waals surface area contributed by atoms with Crippen LogP contribution in [0.5, 0.6) is 0 Å². The second-order valence-electron chi connectivity index (χ2n) is 2.82. The normalized spacial score (nSPS) is 11.2. The molecule has 0 saturated heterocycles. The maximum absolute atomic E-state index is 5.59. The van der Waals surface area contributed by atoms with Crippen molar-refractivity contribution in [2.45, 2.75) is 32.5 Å². The summed E-state index contributed by atoms with van der Waals surface area (Å²) in [4.78, 5) is 0. The van der Waals surface area contributed by atoms with Crippen molar-refractivity contribution in [2.75, 3.05) is 13.2 Å². The van der Waals surface area contributed by atoms with E-state index in [0.29, 0.717) is 13.2 Å². The van der Waals surface area contributed by atoms with Gasteiger partial charge in [-0.2, -0.15) is 0 Å². The maximum Gasteiger partial charge on any atom is 0.168 e. The molecule has 13 heavy (non-hydrogen) atoms. The van der Waals surface area contributed by atoms with Gasteiger partial charge in [-0.15, -0.1) is 13.2 Å². The molecule has 0 aliphatic rings. The number of hydrogen-bond donors (Lipinski definition) is 0. The Hall–Kier alpha value is -0.600. The summed E-state index contributed by atoms with van der Waals surface area (Å²) in [6.45, 7) is 12.4. The molecule has 0 aliphatic carbocycles. The molecule has 76 valence electrons. The van der Waals surface area contributed by atoms with Crippen molar-refractivity contribution >= 4 is 0 Å². The Kier molecular flexibility index (Phi) is 6.55. The standard InChI is InChI=1S/C11H20O2/c1-5-9-12-11(7-3,8-4)13-10-6-2/h5-6H,1-2,7-10H2,3-4H3. The van der Waals surface area contributed by atoms with Gasteiger partial charge in [-0.25, -0.2) is 0 Å². The fourth-order valence-corrected chi connectivity index (χ4v) is 1.12. The quantitative estimate of drug-likeness (QED) is 0.426. The smallest absolute Gasteiger partial charge is 0.168 e. The molecule has 0 spiro atoms. The first-order valence-corrected chi connectivity index (χ1v) is 4.74. The van der Waals surface area contributed by atoms with Crippen molar-refractivity contribution < 1.29 is 9.47 Å². The Bertz CT molecular complexity index is 134. The minimum absolute atomic E-state index is 0.456. The highest BCUT2D eigenvalue weighted by Gasteiger charge is 2.26. The highest BCUT2D eigenvalue weighted by molar-refractivity contribution is 4.74. The van der Waals surface area contributed by atoms with Gasteiger partial charge in [0.1, 0.15) is 0 Å². The van der Waals surface area contributed by atoms with Gasteiger partial charge in [0.05, 0.1) is 13.2 Å². The van der Waals surface area contributed by atoms with Crippen molar-refractivity contribution in [3.63, 3.8) is 0 Å². The molecule has 0 unspecified atom stereocenters. The number of rotatable bonds is 8. The lowest BCUT2D eigenvalue weighted by molar-refractivity contribution is -0.229. The van der Waals surface area contributed by atoms with E-state index in [-0.39, 0.29) is 0 Å². The molecular weight excluding hydrogens is 164 g/mol. The van der Waals surface area contributed by atoms with Crippen LogP contribution >= 0.6 is 0 Å². The van der Waals surface area contributed by atoms with Crippen molar-refractivity contribution in [1.82, 2.24) is 0 Å². The molecule has 0 aliphatic heterocycles. The molecule has 0 N–H and O–H groups in total. The van der Waals surface area contributed by atoms with Crippen LogP contribution in [0, 0.1) is 0 Å². The lowest BCUT2D eigenvalue weighted by atomic mass is 10.1. The van der Waals surface area contributed by atoms with Crippen LogP contribution in [0.4, 0.5) is 0 Å². The minimum Gasteiger partial charge on any atom is -0.346 e. The van der Waals surface area contributed by atoms with Gasteiger partial charge in [0.15, 0.2) is 5.79 Å². The van der Waals surface area contributed by atoms with Gasteiger partial charge < -0.3 is 9.47 Å². The topological polar surface area (TPSA) is 18.5 Å². The van der Waals surface area contributed by atoms with Crippen LogP contribution in [0.1, 0.15) is 26.7 Å². The molecule has 0 amide bonds. The van der Waals surface area contributed by atoms with Gasteiger partial charge in [0, 0.05) is 0 Å². The van der Waals surface area contributed by atoms with E-state index in [4.69, 9.17) is 9.47 Å². The van der Waals surface area contributed by atoms with Crippen molar-refractivity contribution in [1.29, 1.82) is 0 Å². The number of ether oxygens (including phenoxy) is 2. The molecule has 0 radical (unpaired) electrons. The van der Waals surface area contributed by atoms with Crippen molar-refractivity contribution in [3.05, 3.63) is 25.3 Å². The predicted molar refractivity (Wildman–Crippen MR) is 55.6 cm³/mol. The van der Waals surface area contributed by atoms with Gasteiger partial charge in [0.25, 0.3) is 0 Å². The van der Waals surface area contributed by atoms with E-state index < -0.39 is 5.79 Å². The third-order valence-corrected chi connectivity index (χ3v) is 2.01. The minimum atomic E-state index is -0.456. The highest BCUT2D eigenvalue weighted by Crippen LogP contribution is 2.22. The molecule has 0 rings (SSSR count). The summed E-state index contributed by atoms with van der Waals surface area (Å²) in [6.07, 6.45) is 5.14. The average molecular weight is 184 g/mol. The molecule has 0 aromatic heterocycles. The lowest BCUT2D eigenvalue weighted by Crippen LogP contribution is -2.34. The monoisotopic (exact) mass is 184 g/mol. The highest BCUT2D eigenvalue weighted by atomic mass is 16.7. The summed E-state index contributed by atoms with van der Waals surface area (Å²) < 4.78 is 11.2. The molecule has 2 heteroatoms. The van der Waals surface area contributed by atoms with E-state index in [0.717, 1.165) is 12.8 Å². The van der Waals surface area contributed by atoms with Gasteiger partial charge in [-0.3, -0.25) is 0 Å². The first-order chi connectivity index (χ1) is 6.24. The largest absolute Gasteiger partial charge is 0.346 e. The van der Waals surface area contributed by atoms with E-state index in [2.05, 4.69) is 27.0 Å². The molecule has 0 saturated carbocycles. The average Bonchev–Trinajstić information content (AvgIpc) is 2.20. The van der Waals surface area contributed by atoms with Crippen LogP contribution in [0.25, 0.3) is 0 Å². The molecule has 2 nitrogen and oxygen atoms in total. The summed E-state index contributed by atoms with van der Waals surface area (Å²) in [5.74, 6) is -0.456. The van der Waals surface area contributed by atoms with Gasteiger partial charge >= 0.3 is 0 Å². The van der Waals surface area contributed by atoms with E-state index >= 15 is 0 Å². The molecule has 0 atom stereocenters. The third kappa shape index (κ3) is 4.25. The van der Waals surface area contributed by atoms with Crippen LogP contribution in [-0.2, 0) is 9.47 Å². The van der Waals surface area contributed by atoms with Crippen LogP contribution < -0.4 is 0 Å². The van der Waals surface area contributed by atoms with E-state index in [1.807, 2.05) is 0 Å². The Morgan fingerprint density at radius 2 is 1.38 bits per heavy atom. The van der Waals surface area contributed by atoms with Gasteiger partial charge in [0.2, 0.25) is 0 Å². The molecule has 0 aromatic rings. The van der Waals surface area contributed by atoms with Crippen molar-refractivity contribution in [2.24, 2.45) is 0 Å². The summed E-state index contributed by atoms with van der Waals surface area (Å²) in [6, 6.07) is 0. The Morgan fingerprint density at radius 3 is 1.62 bits per heavy atom. The number of hydrogen-bond acceptors (Lipinski definition) is 2. The molecule has 0 heterocycles. The summed E-state index contributed by atoms with van der Waals surface area (Å²) in [7, 11) is 0. The Morgan fingerprint density at radius 1 is 1.00 bits per heavy atom. The first kappa shape index (κ1) is 12.4. The second kappa shape index (κ2) is 6.87. The summed E-state index contributed by atoms with van der Waals surface area (Å²) >= 11 is 0. The van der Waals surface area contributed by atoms with E-state index in [1.54, 1.807) is 12.2 Å². The first-order valence-electron chi connectivity index (χ1n) is 4.74. The zero-order valence-corrected chi connectivity index (χ0v) is 8.71. The fourth-order valence-electron chi connectivity index (χ4n) is 1.12. The lowest BCUT2D eigenvalue weighted by Gasteiger charge is -2.31. The second-order valence-corrected chi connectivity index (χ2v) is 2.82. The predicted octanol–water partition coefficient (Wildman–Crippen LogP) is 2.91. The van der Waals surface area contributed by atoms with E-state index in [1.165, 1.54) is 0 Å². The van der Waals surface area contributed by atoms with Crippen molar-refractivity contribution in [3.8, 4) is 0 Å². The molecular formula is C11H20O2. The SMILES string of the molecule is C=CCOC(CC)(CC)OCC=C. The maximum atomic E-state index is 5.59. The van der Waals surface area contributed by atoms with Crippen LogP contribution in [0.15, 0.2) is 25.3 Å². The summed E-state index contributed by atoms with van der Waals surface area (Å²) in [5.41, 5.74) is 0. The Balaban J connectivity index is 4.11.